The molecule has 1 aliphatic rings. The molecule has 0 atom stereocenters. The number of carbonyl (C=O) groups is 1. The van der Waals surface area contributed by atoms with Crippen molar-refractivity contribution in [1.82, 2.24) is 0 Å². The Morgan fingerprint density at radius 1 is 1.35 bits per heavy atom. The lowest BCUT2D eigenvalue weighted by atomic mass is 9.89. The molecule has 1 N–H and O–H groups in total. The largest absolute Gasteiger partial charge is 0.361 e. The van der Waals surface area contributed by atoms with Crippen molar-refractivity contribution in [1.29, 1.82) is 5.26 Å². The van der Waals surface area contributed by atoms with Gasteiger partial charge in [0, 0.05) is 6.54 Å². The van der Waals surface area contributed by atoms with Crippen molar-refractivity contribution in [3.05, 3.63) is 24.3 Å². The van der Waals surface area contributed by atoms with Gasteiger partial charge in [0.1, 0.15) is 0 Å². The van der Waals surface area contributed by atoms with E-state index in [9.17, 15) is 4.79 Å². The number of rotatable bonds is 5. The van der Waals surface area contributed by atoms with Gasteiger partial charge >= 0.3 is 0 Å². The van der Waals surface area contributed by atoms with E-state index in [0.29, 0.717) is 6.54 Å². The van der Waals surface area contributed by atoms with E-state index in [1.165, 1.54) is 0 Å². The molecule has 0 saturated carbocycles. The Morgan fingerprint density at radius 3 is 2.85 bits per heavy atom. The third-order valence-electron chi connectivity index (χ3n) is 3.64. The van der Waals surface area contributed by atoms with Gasteiger partial charge in [-0.15, -0.1) is 0 Å². The summed E-state index contributed by atoms with van der Waals surface area (Å²) in [6, 6.07) is 10.2. The number of unbranched alkanes of at least 4 members (excludes halogenated alkanes) is 1. The van der Waals surface area contributed by atoms with E-state index in [0.717, 1.165) is 37.2 Å². The molecule has 0 spiro atoms. The van der Waals surface area contributed by atoms with Crippen LogP contribution >= 0.6 is 0 Å². The van der Waals surface area contributed by atoms with Crippen molar-refractivity contribution in [2.45, 2.75) is 33.1 Å². The fraction of sp³-hybridized carbons (Fsp3) is 0.500. The summed E-state index contributed by atoms with van der Waals surface area (Å²) in [7, 11) is 0. The number of para-hydroxylation sites is 2. The Balaban J connectivity index is 1.91. The minimum atomic E-state index is -0.253. The molecule has 2 rings (SSSR count). The molecule has 0 unspecified atom stereocenters. The van der Waals surface area contributed by atoms with Gasteiger partial charge < -0.3 is 10.2 Å². The molecule has 4 nitrogen and oxygen atoms in total. The third-order valence-corrected chi connectivity index (χ3v) is 3.64. The van der Waals surface area contributed by atoms with Gasteiger partial charge in [-0.05, 0) is 38.8 Å². The minimum absolute atomic E-state index is 0.0426. The lowest BCUT2D eigenvalue weighted by Gasteiger charge is -2.31. The van der Waals surface area contributed by atoms with Gasteiger partial charge in [0.05, 0.1) is 29.4 Å². The highest BCUT2D eigenvalue weighted by atomic mass is 16.2. The first-order valence-corrected chi connectivity index (χ1v) is 7.07. The van der Waals surface area contributed by atoms with Crippen LogP contribution in [0, 0.1) is 16.7 Å². The van der Waals surface area contributed by atoms with Crippen LogP contribution in [0.3, 0.4) is 0 Å². The number of nitrogens with zero attached hydrogens (tertiary/aromatic N) is 2. The predicted octanol–water partition coefficient (Wildman–Crippen LogP) is 3.17. The number of amides is 1. The van der Waals surface area contributed by atoms with E-state index in [4.69, 9.17) is 5.26 Å². The first kappa shape index (κ1) is 14.4. The van der Waals surface area contributed by atoms with Crippen molar-refractivity contribution in [3.8, 4) is 6.07 Å². The zero-order valence-electron chi connectivity index (χ0n) is 12.1. The predicted molar refractivity (Wildman–Crippen MR) is 80.5 cm³/mol. The zero-order chi connectivity index (χ0) is 14.6. The fourth-order valence-electron chi connectivity index (χ4n) is 2.43. The molecule has 1 heterocycles. The highest BCUT2D eigenvalue weighted by molar-refractivity contribution is 6.01. The van der Waals surface area contributed by atoms with E-state index in [1.54, 1.807) is 0 Å². The molecule has 1 amide bonds. The number of nitrogens with one attached hydrogen (secondary N) is 1. The van der Waals surface area contributed by atoms with Crippen LogP contribution in [0.5, 0.6) is 0 Å². The SMILES string of the molecule is CC(C)(C#N)CCCCN1CC(=O)Nc2ccccc21. The Morgan fingerprint density at radius 2 is 2.10 bits per heavy atom. The van der Waals surface area contributed by atoms with Crippen molar-refractivity contribution >= 4 is 17.3 Å². The number of anilines is 2. The van der Waals surface area contributed by atoms with Crippen molar-refractivity contribution in [3.63, 3.8) is 0 Å². The zero-order valence-corrected chi connectivity index (χ0v) is 12.1. The van der Waals surface area contributed by atoms with Crippen molar-refractivity contribution in [2.24, 2.45) is 5.41 Å². The van der Waals surface area contributed by atoms with E-state index < -0.39 is 0 Å². The summed E-state index contributed by atoms with van der Waals surface area (Å²) < 4.78 is 0. The minimum Gasteiger partial charge on any atom is -0.361 e. The van der Waals surface area contributed by atoms with Gasteiger partial charge in [-0.1, -0.05) is 18.6 Å². The van der Waals surface area contributed by atoms with Crippen molar-refractivity contribution < 1.29 is 4.79 Å². The summed E-state index contributed by atoms with van der Waals surface area (Å²) >= 11 is 0. The molecule has 0 radical (unpaired) electrons. The molecular weight excluding hydrogens is 250 g/mol. The number of hydrogen-bond donors (Lipinski definition) is 1. The van der Waals surface area contributed by atoms with Crippen LogP contribution in [0.2, 0.25) is 0 Å². The van der Waals surface area contributed by atoms with Crippen molar-refractivity contribution in [2.75, 3.05) is 23.3 Å². The highest BCUT2D eigenvalue weighted by Gasteiger charge is 2.21. The Kier molecular flexibility index (Phi) is 4.29. The second-order valence-corrected chi connectivity index (χ2v) is 5.94. The summed E-state index contributed by atoms with van der Waals surface area (Å²) in [5, 5.41) is 11.9. The number of carbonyl (C=O) groups excluding carboxylic acids is 1. The maximum absolute atomic E-state index is 11.7. The van der Waals surface area contributed by atoms with Crippen LogP contribution in [0.4, 0.5) is 11.4 Å². The average Bonchev–Trinajstić information content (AvgIpc) is 2.43. The molecule has 1 aliphatic heterocycles. The van der Waals surface area contributed by atoms with Crippen LogP contribution < -0.4 is 10.2 Å². The van der Waals surface area contributed by atoms with E-state index in [1.807, 2.05) is 38.1 Å². The second-order valence-electron chi connectivity index (χ2n) is 5.94. The number of benzene rings is 1. The molecule has 1 aromatic rings. The van der Waals surface area contributed by atoms with Gasteiger partial charge in [0.25, 0.3) is 0 Å². The van der Waals surface area contributed by atoms with E-state index in [2.05, 4.69) is 16.3 Å². The number of hydrogen-bond acceptors (Lipinski definition) is 3. The first-order valence-electron chi connectivity index (χ1n) is 7.07. The van der Waals surface area contributed by atoms with E-state index >= 15 is 0 Å². The maximum Gasteiger partial charge on any atom is 0.243 e. The molecule has 0 aromatic heterocycles. The lowest BCUT2D eigenvalue weighted by molar-refractivity contribution is -0.115. The highest BCUT2D eigenvalue weighted by Crippen LogP contribution is 2.29. The summed E-state index contributed by atoms with van der Waals surface area (Å²) in [4.78, 5) is 13.8. The first-order chi connectivity index (χ1) is 9.52. The quantitative estimate of drug-likeness (QED) is 0.837. The number of nitriles is 1. The fourth-order valence-corrected chi connectivity index (χ4v) is 2.43. The maximum atomic E-state index is 11.7. The molecule has 106 valence electrons. The molecular formula is C16H21N3O. The van der Waals surface area contributed by atoms with Gasteiger partial charge in [-0.25, -0.2) is 0 Å². The van der Waals surface area contributed by atoms with E-state index in [-0.39, 0.29) is 11.3 Å². The molecule has 0 fully saturated rings. The van der Waals surface area contributed by atoms with Crippen LogP contribution in [-0.4, -0.2) is 19.0 Å². The Labute approximate surface area is 120 Å². The van der Waals surface area contributed by atoms with Gasteiger partial charge in [0.15, 0.2) is 0 Å². The van der Waals surface area contributed by atoms with Crippen LogP contribution in [0.15, 0.2) is 24.3 Å². The molecule has 0 aliphatic carbocycles. The standard InChI is InChI=1S/C16H21N3O/c1-16(2,12-17)9-5-6-10-19-11-15(20)18-13-7-3-4-8-14(13)19/h3-4,7-8H,5-6,9-11H2,1-2H3,(H,18,20). The van der Waals surface area contributed by atoms with Crippen LogP contribution in [0.1, 0.15) is 33.1 Å². The van der Waals surface area contributed by atoms with Gasteiger partial charge in [-0.2, -0.15) is 5.26 Å². The Bertz CT molecular complexity index is 531. The smallest absolute Gasteiger partial charge is 0.243 e. The monoisotopic (exact) mass is 271 g/mol. The molecule has 0 bridgehead atoms. The van der Waals surface area contributed by atoms with Gasteiger partial charge in [-0.3, -0.25) is 4.79 Å². The lowest BCUT2D eigenvalue weighted by Crippen LogP contribution is -2.38. The summed E-state index contributed by atoms with van der Waals surface area (Å²) in [5.74, 6) is 0.0426. The van der Waals surface area contributed by atoms with Crippen LogP contribution in [-0.2, 0) is 4.79 Å². The summed E-state index contributed by atoms with van der Waals surface area (Å²) in [5.41, 5.74) is 1.73. The number of fused-ring (bicyclic) bond motifs is 1. The molecule has 0 saturated heterocycles. The molecule has 20 heavy (non-hydrogen) atoms. The third kappa shape index (κ3) is 3.51. The van der Waals surface area contributed by atoms with Gasteiger partial charge in [0.2, 0.25) is 5.91 Å². The molecule has 1 aromatic carbocycles. The summed E-state index contributed by atoms with van der Waals surface area (Å²) in [6.45, 7) is 5.21. The second kappa shape index (κ2) is 5.96. The average molecular weight is 271 g/mol. The topological polar surface area (TPSA) is 56.1 Å². The van der Waals surface area contributed by atoms with Crippen LogP contribution in [0.25, 0.3) is 0 Å². The molecule has 4 heteroatoms. The normalized spacial score (nSPS) is 14.4. The Hall–Kier alpha value is -2.02. The summed E-state index contributed by atoms with van der Waals surface area (Å²) in [6.07, 6.45) is 2.89.